The Kier molecular flexibility index (Phi) is 5.59. The van der Waals surface area contributed by atoms with E-state index in [-0.39, 0.29) is 29.1 Å². The number of carbonyl (C=O) groups is 2. The molecular formula is C14H20N4O3S. The molecule has 1 atom stereocenters. The molecule has 7 nitrogen and oxygen atoms in total. The van der Waals surface area contributed by atoms with Gasteiger partial charge >= 0.3 is 5.97 Å². The number of nitrogen functional groups attached to an aromatic ring is 1. The van der Waals surface area contributed by atoms with Gasteiger partial charge in [0, 0.05) is 19.3 Å². The molecule has 1 aromatic heterocycles. The van der Waals surface area contributed by atoms with Gasteiger partial charge in [-0.25, -0.2) is 14.8 Å². The van der Waals surface area contributed by atoms with Crippen LogP contribution in [0, 0.1) is 0 Å². The summed E-state index contributed by atoms with van der Waals surface area (Å²) >= 11 is 1.24. The fourth-order valence-corrected chi connectivity index (χ4v) is 3.03. The molecule has 1 aliphatic heterocycles. The van der Waals surface area contributed by atoms with Crippen LogP contribution in [0.4, 0.5) is 5.82 Å². The van der Waals surface area contributed by atoms with E-state index in [0.717, 1.165) is 25.9 Å². The summed E-state index contributed by atoms with van der Waals surface area (Å²) in [5.74, 6) is -0.395. The second-order valence-corrected chi connectivity index (χ2v) is 6.27. The number of esters is 1. The first kappa shape index (κ1) is 16.5. The van der Waals surface area contributed by atoms with Crippen molar-refractivity contribution in [3.05, 3.63) is 11.8 Å². The fourth-order valence-electron chi connectivity index (χ4n) is 2.20. The third kappa shape index (κ3) is 3.88. The lowest BCUT2D eigenvalue weighted by molar-refractivity contribution is -0.129. The predicted octanol–water partition coefficient (Wildman–Crippen LogP) is 1.34. The maximum atomic E-state index is 12.2. The van der Waals surface area contributed by atoms with Crippen LogP contribution in [0.3, 0.4) is 0 Å². The molecule has 0 aromatic carbocycles. The summed E-state index contributed by atoms with van der Waals surface area (Å²) in [5.41, 5.74) is 5.91. The SMILES string of the molecule is CCOC(=O)c1cnc(SC(C)C(=O)N2CCCC2)nc1N. The lowest BCUT2D eigenvalue weighted by Crippen LogP contribution is -2.34. The van der Waals surface area contributed by atoms with Gasteiger partial charge in [0.05, 0.1) is 11.9 Å². The number of hydrogen-bond donors (Lipinski definition) is 1. The van der Waals surface area contributed by atoms with Crippen molar-refractivity contribution < 1.29 is 14.3 Å². The molecule has 1 unspecified atom stereocenters. The molecule has 0 spiro atoms. The normalized spacial score (nSPS) is 15.6. The van der Waals surface area contributed by atoms with Crippen LogP contribution in [0.5, 0.6) is 0 Å². The number of hydrogen-bond acceptors (Lipinski definition) is 7. The van der Waals surface area contributed by atoms with Crippen molar-refractivity contribution in [1.29, 1.82) is 0 Å². The predicted molar refractivity (Wildman–Crippen MR) is 83.5 cm³/mol. The summed E-state index contributed by atoms with van der Waals surface area (Å²) in [4.78, 5) is 33.9. The Bertz CT molecular complexity index is 561. The highest BCUT2D eigenvalue weighted by atomic mass is 32.2. The Morgan fingerprint density at radius 1 is 1.45 bits per heavy atom. The average molecular weight is 324 g/mol. The molecule has 1 amide bonds. The zero-order valence-corrected chi connectivity index (χ0v) is 13.6. The van der Waals surface area contributed by atoms with Crippen molar-refractivity contribution in [3.63, 3.8) is 0 Å². The van der Waals surface area contributed by atoms with E-state index in [2.05, 4.69) is 9.97 Å². The van der Waals surface area contributed by atoms with Crippen molar-refractivity contribution in [2.75, 3.05) is 25.4 Å². The summed E-state index contributed by atoms with van der Waals surface area (Å²) in [5, 5.41) is 0.0940. The lowest BCUT2D eigenvalue weighted by atomic mass is 10.3. The van der Waals surface area contributed by atoms with Crippen LogP contribution in [0.25, 0.3) is 0 Å². The van der Waals surface area contributed by atoms with Gasteiger partial charge in [0.25, 0.3) is 0 Å². The third-order valence-corrected chi connectivity index (χ3v) is 4.30. The molecule has 1 aromatic rings. The van der Waals surface area contributed by atoms with Gasteiger partial charge in [-0.3, -0.25) is 4.79 Å². The monoisotopic (exact) mass is 324 g/mol. The Hall–Kier alpha value is -1.83. The first-order chi connectivity index (χ1) is 10.5. The highest BCUT2D eigenvalue weighted by Gasteiger charge is 2.25. The Morgan fingerprint density at radius 2 is 2.14 bits per heavy atom. The number of nitrogens with two attached hydrogens (primary N) is 1. The highest BCUT2D eigenvalue weighted by Crippen LogP contribution is 2.24. The van der Waals surface area contributed by atoms with Gasteiger partial charge in [-0.15, -0.1) is 0 Å². The van der Waals surface area contributed by atoms with Gasteiger partial charge in [-0.05, 0) is 26.7 Å². The van der Waals surface area contributed by atoms with Crippen LogP contribution in [-0.4, -0.2) is 51.7 Å². The van der Waals surface area contributed by atoms with E-state index in [1.54, 1.807) is 6.92 Å². The van der Waals surface area contributed by atoms with E-state index in [4.69, 9.17) is 10.5 Å². The van der Waals surface area contributed by atoms with Crippen LogP contribution >= 0.6 is 11.8 Å². The maximum Gasteiger partial charge on any atom is 0.343 e. The zero-order valence-electron chi connectivity index (χ0n) is 12.7. The molecule has 1 aliphatic rings. The van der Waals surface area contributed by atoms with Crippen molar-refractivity contribution in [2.45, 2.75) is 37.1 Å². The summed E-state index contributed by atoms with van der Waals surface area (Å²) in [7, 11) is 0. The molecule has 0 saturated carbocycles. The number of anilines is 1. The van der Waals surface area contributed by atoms with E-state index >= 15 is 0 Å². The van der Waals surface area contributed by atoms with Gasteiger partial charge in [0.15, 0.2) is 5.16 Å². The van der Waals surface area contributed by atoms with Gasteiger partial charge in [0.2, 0.25) is 5.91 Å². The summed E-state index contributed by atoms with van der Waals surface area (Å²) in [6.07, 6.45) is 3.46. The van der Waals surface area contributed by atoms with Crippen molar-refractivity contribution in [1.82, 2.24) is 14.9 Å². The van der Waals surface area contributed by atoms with Gasteiger partial charge in [-0.2, -0.15) is 0 Å². The van der Waals surface area contributed by atoms with Crippen LogP contribution in [0.2, 0.25) is 0 Å². The van der Waals surface area contributed by atoms with E-state index < -0.39 is 5.97 Å². The van der Waals surface area contributed by atoms with E-state index in [0.29, 0.717) is 5.16 Å². The van der Waals surface area contributed by atoms with Crippen molar-refractivity contribution >= 4 is 29.5 Å². The maximum absolute atomic E-state index is 12.2. The second kappa shape index (κ2) is 7.44. The van der Waals surface area contributed by atoms with Gasteiger partial charge < -0.3 is 15.4 Å². The number of ether oxygens (including phenoxy) is 1. The minimum atomic E-state index is -0.544. The first-order valence-corrected chi connectivity index (χ1v) is 8.16. The molecule has 120 valence electrons. The summed E-state index contributed by atoms with van der Waals surface area (Å²) < 4.78 is 4.87. The van der Waals surface area contributed by atoms with E-state index in [1.165, 1.54) is 18.0 Å². The third-order valence-electron chi connectivity index (χ3n) is 3.34. The average Bonchev–Trinajstić information content (AvgIpc) is 3.00. The molecule has 2 heterocycles. The van der Waals surface area contributed by atoms with Gasteiger partial charge in [-0.1, -0.05) is 11.8 Å². The Morgan fingerprint density at radius 3 is 2.73 bits per heavy atom. The number of nitrogens with zero attached hydrogens (tertiary/aromatic N) is 3. The quantitative estimate of drug-likeness (QED) is 0.495. The topological polar surface area (TPSA) is 98.4 Å². The van der Waals surface area contributed by atoms with Crippen LogP contribution in [0.15, 0.2) is 11.4 Å². The second-order valence-electron chi connectivity index (χ2n) is 4.96. The minimum Gasteiger partial charge on any atom is -0.462 e. The molecule has 8 heteroatoms. The van der Waals surface area contributed by atoms with Crippen LogP contribution in [-0.2, 0) is 9.53 Å². The molecule has 2 rings (SSSR count). The van der Waals surface area contributed by atoms with Crippen molar-refractivity contribution in [2.24, 2.45) is 0 Å². The van der Waals surface area contributed by atoms with Crippen molar-refractivity contribution in [3.8, 4) is 0 Å². The molecule has 1 saturated heterocycles. The molecular weight excluding hydrogens is 304 g/mol. The summed E-state index contributed by atoms with van der Waals surface area (Å²) in [6.45, 7) is 5.42. The smallest absolute Gasteiger partial charge is 0.343 e. The lowest BCUT2D eigenvalue weighted by Gasteiger charge is -2.19. The molecule has 0 aliphatic carbocycles. The molecule has 22 heavy (non-hydrogen) atoms. The Balaban J connectivity index is 2.02. The Labute approximate surface area is 133 Å². The molecule has 2 N–H and O–H groups in total. The molecule has 1 fully saturated rings. The highest BCUT2D eigenvalue weighted by molar-refractivity contribution is 8.00. The molecule has 0 radical (unpaired) electrons. The van der Waals surface area contributed by atoms with E-state index in [9.17, 15) is 9.59 Å². The number of likely N-dealkylation sites (tertiary alicyclic amines) is 1. The zero-order chi connectivity index (χ0) is 16.1. The number of carbonyl (C=O) groups excluding carboxylic acids is 2. The number of thioether (sulfide) groups is 1. The molecule has 0 bridgehead atoms. The fraction of sp³-hybridized carbons (Fsp3) is 0.571. The van der Waals surface area contributed by atoms with Crippen LogP contribution in [0.1, 0.15) is 37.0 Å². The minimum absolute atomic E-state index is 0.0665. The van der Waals surface area contributed by atoms with Crippen LogP contribution < -0.4 is 5.73 Å². The first-order valence-electron chi connectivity index (χ1n) is 7.28. The standard InChI is InChI=1S/C14H20N4O3S/c1-3-21-13(20)10-8-16-14(17-11(10)15)22-9(2)12(19)18-6-4-5-7-18/h8-9H,3-7H2,1-2H3,(H2,15,16,17). The van der Waals surface area contributed by atoms with E-state index in [1.807, 2.05) is 11.8 Å². The number of rotatable bonds is 5. The largest absolute Gasteiger partial charge is 0.462 e. The van der Waals surface area contributed by atoms with Gasteiger partial charge in [0.1, 0.15) is 11.4 Å². The summed E-state index contributed by atoms with van der Waals surface area (Å²) in [6, 6.07) is 0. The number of aromatic nitrogens is 2. The number of amides is 1.